The number of hydrogen-bond acceptors (Lipinski definition) is 3. The van der Waals surface area contributed by atoms with Crippen molar-refractivity contribution in [2.75, 3.05) is 5.32 Å². The van der Waals surface area contributed by atoms with Crippen molar-refractivity contribution in [2.45, 2.75) is 19.9 Å². The molecular formula is C10H15N3O. The Morgan fingerprint density at radius 1 is 1.50 bits per heavy atom. The van der Waals surface area contributed by atoms with Gasteiger partial charge in [-0.3, -0.25) is 4.79 Å². The molecule has 76 valence electrons. The molecule has 1 rings (SSSR count). The number of nitrogens with two attached hydrogens (primary N) is 1. The van der Waals surface area contributed by atoms with E-state index in [2.05, 4.69) is 10.3 Å². The molecule has 1 aromatic rings. The van der Waals surface area contributed by atoms with Crippen molar-refractivity contribution >= 4 is 11.7 Å². The molecule has 1 heterocycles. The van der Waals surface area contributed by atoms with E-state index in [4.69, 9.17) is 5.73 Å². The number of aromatic nitrogens is 1. The third-order valence-electron chi connectivity index (χ3n) is 2.12. The summed E-state index contributed by atoms with van der Waals surface area (Å²) in [5, 5.41) is 2.69. The molecular weight excluding hydrogens is 178 g/mol. The summed E-state index contributed by atoms with van der Waals surface area (Å²) < 4.78 is 0. The minimum absolute atomic E-state index is 0.0984. The van der Waals surface area contributed by atoms with E-state index in [1.807, 2.05) is 13.0 Å². The lowest BCUT2D eigenvalue weighted by molar-refractivity contribution is -0.119. The van der Waals surface area contributed by atoms with E-state index in [1.54, 1.807) is 25.3 Å². The predicted molar refractivity (Wildman–Crippen MR) is 55.7 cm³/mol. The fourth-order valence-corrected chi connectivity index (χ4v) is 0.916. The maximum absolute atomic E-state index is 11.5. The lowest BCUT2D eigenvalue weighted by Gasteiger charge is -2.14. The van der Waals surface area contributed by atoms with Crippen LogP contribution in [0, 0.1) is 5.92 Å². The molecule has 0 radical (unpaired) electrons. The van der Waals surface area contributed by atoms with Crippen molar-refractivity contribution in [1.82, 2.24) is 4.98 Å². The first-order chi connectivity index (χ1) is 6.61. The summed E-state index contributed by atoms with van der Waals surface area (Å²) in [4.78, 5) is 15.5. The molecule has 0 aliphatic rings. The van der Waals surface area contributed by atoms with Crippen LogP contribution in [0.2, 0.25) is 0 Å². The second kappa shape index (κ2) is 4.72. The topological polar surface area (TPSA) is 68.0 Å². The quantitative estimate of drug-likeness (QED) is 0.752. The van der Waals surface area contributed by atoms with Crippen molar-refractivity contribution in [3.63, 3.8) is 0 Å². The lowest BCUT2D eigenvalue weighted by atomic mass is 10.0. The van der Waals surface area contributed by atoms with E-state index in [-0.39, 0.29) is 17.9 Å². The summed E-state index contributed by atoms with van der Waals surface area (Å²) in [7, 11) is 0. The van der Waals surface area contributed by atoms with E-state index < -0.39 is 0 Å². The van der Waals surface area contributed by atoms with Gasteiger partial charge in [0.2, 0.25) is 5.91 Å². The van der Waals surface area contributed by atoms with Crippen molar-refractivity contribution in [3.05, 3.63) is 24.4 Å². The van der Waals surface area contributed by atoms with Crippen LogP contribution in [0.15, 0.2) is 24.4 Å². The summed E-state index contributed by atoms with van der Waals surface area (Å²) in [6, 6.07) is 5.20. The molecule has 0 aromatic carbocycles. The highest BCUT2D eigenvalue weighted by molar-refractivity contribution is 5.91. The number of rotatable bonds is 3. The first-order valence-corrected chi connectivity index (χ1v) is 4.58. The van der Waals surface area contributed by atoms with Crippen LogP contribution in [0.4, 0.5) is 5.82 Å². The van der Waals surface area contributed by atoms with Crippen LogP contribution in [0.3, 0.4) is 0 Å². The van der Waals surface area contributed by atoms with Gasteiger partial charge in [0.05, 0.1) is 5.92 Å². The fraction of sp³-hybridized carbons (Fsp3) is 0.400. The lowest BCUT2D eigenvalue weighted by Crippen LogP contribution is -2.34. The number of pyridine rings is 1. The maximum Gasteiger partial charge on any atom is 0.229 e. The van der Waals surface area contributed by atoms with Gasteiger partial charge in [0.25, 0.3) is 0 Å². The third kappa shape index (κ3) is 2.81. The standard InChI is InChI=1S/C10H15N3O/c1-7(8(2)11)10(14)13-9-5-3-4-6-12-9/h3-8H,11H2,1-2H3,(H,12,13,14). The largest absolute Gasteiger partial charge is 0.327 e. The number of carbonyl (C=O) groups excluding carboxylic acids is 1. The van der Waals surface area contributed by atoms with Crippen LogP contribution < -0.4 is 11.1 Å². The van der Waals surface area contributed by atoms with E-state index >= 15 is 0 Å². The van der Waals surface area contributed by atoms with Crippen LogP contribution in [0.5, 0.6) is 0 Å². The Labute approximate surface area is 83.5 Å². The average Bonchev–Trinajstić information content (AvgIpc) is 2.18. The Morgan fingerprint density at radius 3 is 2.71 bits per heavy atom. The second-order valence-electron chi connectivity index (χ2n) is 3.35. The summed E-state index contributed by atoms with van der Waals surface area (Å²) in [5.41, 5.74) is 5.61. The summed E-state index contributed by atoms with van der Waals surface area (Å²) in [6.07, 6.45) is 1.63. The molecule has 0 saturated carbocycles. The summed E-state index contributed by atoms with van der Waals surface area (Å²) in [5.74, 6) is 0.251. The average molecular weight is 193 g/mol. The SMILES string of the molecule is CC(N)C(C)C(=O)Nc1ccccn1. The van der Waals surface area contributed by atoms with E-state index in [0.29, 0.717) is 5.82 Å². The van der Waals surface area contributed by atoms with Gasteiger partial charge in [-0.15, -0.1) is 0 Å². The summed E-state index contributed by atoms with van der Waals surface area (Å²) >= 11 is 0. The van der Waals surface area contributed by atoms with Crippen LogP contribution in [-0.2, 0) is 4.79 Å². The number of anilines is 1. The Balaban J connectivity index is 2.58. The molecule has 1 aromatic heterocycles. The molecule has 0 bridgehead atoms. The molecule has 2 unspecified atom stereocenters. The van der Waals surface area contributed by atoms with Crippen molar-refractivity contribution in [1.29, 1.82) is 0 Å². The maximum atomic E-state index is 11.5. The molecule has 14 heavy (non-hydrogen) atoms. The Morgan fingerprint density at radius 2 is 2.21 bits per heavy atom. The molecule has 4 heteroatoms. The van der Waals surface area contributed by atoms with E-state index in [0.717, 1.165) is 0 Å². The van der Waals surface area contributed by atoms with Gasteiger partial charge >= 0.3 is 0 Å². The van der Waals surface area contributed by atoms with Gasteiger partial charge in [-0.25, -0.2) is 4.98 Å². The molecule has 4 nitrogen and oxygen atoms in total. The van der Waals surface area contributed by atoms with E-state index in [1.165, 1.54) is 0 Å². The minimum atomic E-state index is -0.211. The minimum Gasteiger partial charge on any atom is -0.327 e. The van der Waals surface area contributed by atoms with E-state index in [9.17, 15) is 4.79 Å². The predicted octanol–water partition coefficient (Wildman–Crippen LogP) is 1.00. The van der Waals surface area contributed by atoms with Crippen LogP contribution in [0.25, 0.3) is 0 Å². The van der Waals surface area contributed by atoms with Gasteiger partial charge in [0, 0.05) is 12.2 Å². The Kier molecular flexibility index (Phi) is 3.59. The van der Waals surface area contributed by atoms with Crippen LogP contribution >= 0.6 is 0 Å². The number of nitrogens with zero attached hydrogens (tertiary/aromatic N) is 1. The molecule has 1 amide bonds. The number of amides is 1. The first kappa shape index (κ1) is 10.7. The van der Waals surface area contributed by atoms with Crippen LogP contribution in [0.1, 0.15) is 13.8 Å². The normalized spacial score (nSPS) is 14.5. The zero-order valence-corrected chi connectivity index (χ0v) is 8.40. The van der Waals surface area contributed by atoms with Crippen molar-refractivity contribution in [2.24, 2.45) is 11.7 Å². The zero-order chi connectivity index (χ0) is 10.6. The molecule has 0 aliphatic heterocycles. The molecule has 0 spiro atoms. The number of carbonyl (C=O) groups is 1. The molecule has 0 saturated heterocycles. The molecule has 2 atom stereocenters. The molecule has 0 aliphatic carbocycles. The Bertz CT molecular complexity index is 297. The highest BCUT2D eigenvalue weighted by atomic mass is 16.1. The van der Waals surface area contributed by atoms with Gasteiger partial charge in [0.1, 0.15) is 5.82 Å². The highest BCUT2D eigenvalue weighted by Gasteiger charge is 2.16. The second-order valence-corrected chi connectivity index (χ2v) is 3.35. The van der Waals surface area contributed by atoms with Crippen molar-refractivity contribution < 1.29 is 4.79 Å². The number of hydrogen-bond donors (Lipinski definition) is 2. The van der Waals surface area contributed by atoms with Crippen molar-refractivity contribution in [3.8, 4) is 0 Å². The smallest absolute Gasteiger partial charge is 0.229 e. The van der Waals surface area contributed by atoms with Gasteiger partial charge in [0.15, 0.2) is 0 Å². The van der Waals surface area contributed by atoms with Crippen LogP contribution in [-0.4, -0.2) is 16.9 Å². The van der Waals surface area contributed by atoms with Gasteiger partial charge in [-0.1, -0.05) is 13.0 Å². The highest BCUT2D eigenvalue weighted by Crippen LogP contribution is 2.05. The summed E-state index contributed by atoms with van der Waals surface area (Å²) in [6.45, 7) is 3.60. The monoisotopic (exact) mass is 193 g/mol. The number of nitrogens with one attached hydrogen (secondary N) is 1. The third-order valence-corrected chi connectivity index (χ3v) is 2.12. The molecule has 3 N–H and O–H groups in total. The molecule has 0 fully saturated rings. The van der Waals surface area contributed by atoms with Gasteiger partial charge < -0.3 is 11.1 Å². The fourth-order valence-electron chi connectivity index (χ4n) is 0.916. The first-order valence-electron chi connectivity index (χ1n) is 4.58. The Hall–Kier alpha value is -1.42. The zero-order valence-electron chi connectivity index (χ0n) is 8.40. The van der Waals surface area contributed by atoms with Gasteiger partial charge in [-0.05, 0) is 19.1 Å². The van der Waals surface area contributed by atoms with Gasteiger partial charge in [-0.2, -0.15) is 0 Å².